The Bertz CT molecular complexity index is 401. The minimum absolute atomic E-state index is 0.121. The van der Waals surface area contributed by atoms with E-state index in [0.717, 1.165) is 22.0 Å². The molecule has 1 N–H and O–H groups in total. The number of nitrogens with zero attached hydrogens (tertiary/aromatic N) is 1. The highest BCUT2D eigenvalue weighted by Crippen LogP contribution is 2.24. The Balaban J connectivity index is 1.97. The van der Waals surface area contributed by atoms with Crippen molar-refractivity contribution in [2.75, 3.05) is 19.7 Å². The maximum atomic E-state index is 12.2. The van der Waals surface area contributed by atoms with Gasteiger partial charge in [0.05, 0.1) is 13.2 Å². The molecule has 2 rings (SSSR count). The molecule has 0 heterocycles. The summed E-state index contributed by atoms with van der Waals surface area (Å²) in [6.07, 6.45) is 3.55. The summed E-state index contributed by atoms with van der Waals surface area (Å²) in [7, 11) is 0. The normalized spacial score (nSPS) is 15.7. The van der Waals surface area contributed by atoms with E-state index in [2.05, 4.69) is 27.5 Å². The molecule has 1 aromatic rings. The first kappa shape index (κ1) is 14.0. The zero-order valence-electron chi connectivity index (χ0n) is 10.3. The van der Waals surface area contributed by atoms with Crippen molar-refractivity contribution in [3.8, 4) is 0 Å². The summed E-state index contributed by atoms with van der Waals surface area (Å²) in [6, 6.07) is 8.15. The highest BCUT2D eigenvalue weighted by atomic mass is 127. The van der Waals surface area contributed by atoms with Crippen molar-refractivity contribution in [2.45, 2.75) is 25.3 Å². The number of ketones is 1. The number of carbonyl (C=O) groups is 1. The number of aliphatic hydroxyl groups excluding tert-OH is 1. The van der Waals surface area contributed by atoms with Gasteiger partial charge >= 0.3 is 0 Å². The number of halogens is 1. The van der Waals surface area contributed by atoms with E-state index in [1.54, 1.807) is 0 Å². The van der Waals surface area contributed by atoms with Gasteiger partial charge in [0.1, 0.15) is 0 Å². The Hall–Kier alpha value is -0.460. The minimum Gasteiger partial charge on any atom is -0.395 e. The van der Waals surface area contributed by atoms with E-state index in [-0.39, 0.29) is 12.4 Å². The summed E-state index contributed by atoms with van der Waals surface area (Å²) in [6.45, 7) is 1.14. The van der Waals surface area contributed by atoms with E-state index >= 15 is 0 Å². The van der Waals surface area contributed by atoms with Crippen LogP contribution >= 0.6 is 22.6 Å². The fourth-order valence-corrected chi connectivity index (χ4v) is 2.54. The van der Waals surface area contributed by atoms with Crippen molar-refractivity contribution in [3.05, 3.63) is 33.4 Å². The number of hydrogen-bond donors (Lipinski definition) is 1. The Morgan fingerprint density at radius 3 is 2.50 bits per heavy atom. The summed E-state index contributed by atoms with van der Waals surface area (Å²) in [5, 5.41) is 9.07. The van der Waals surface area contributed by atoms with Crippen LogP contribution in [-0.4, -0.2) is 41.5 Å². The second kappa shape index (κ2) is 6.63. The fraction of sp³-hybridized carbons (Fsp3) is 0.500. The first-order valence-electron chi connectivity index (χ1n) is 6.34. The van der Waals surface area contributed by atoms with Crippen LogP contribution in [0.3, 0.4) is 0 Å². The number of benzene rings is 1. The number of hydrogen-bond acceptors (Lipinski definition) is 3. The van der Waals surface area contributed by atoms with E-state index < -0.39 is 0 Å². The van der Waals surface area contributed by atoms with E-state index in [0.29, 0.717) is 19.1 Å². The first-order valence-corrected chi connectivity index (χ1v) is 7.42. The van der Waals surface area contributed by atoms with Gasteiger partial charge in [-0.25, -0.2) is 0 Å². The second-order valence-corrected chi connectivity index (χ2v) is 5.95. The molecule has 3 nitrogen and oxygen atoms in total. The lowest BCUT2D eigenvalue weighted by Gasteiger charge is -2.36. The lowest BCUT2D eigenvalue weighted by molar-refractivity contribution is 0.0747. The average Bonchev–Trinajstić information content (AvgIpc) is 2.27. The number of aliphatic hydroxyl groups is 1. The van der Waals surface area contributed by atoms with Crippen LogP contribution in [0.15, 0.2) is 24.3 Å². The average molecular weight is 359 g/mol. The van der Waals surface area contributed by atoms with E-state index in [1.165, 1.54) is 6.42 Å². The number of carbonyl (C=O) groups excluding carboxylic acids is 1. The predicted molar refractivity (Wildman–Crippen MR) is 79.8 cm³/mol. The maximum absolute atomic E-state index is 12.2. The zero-order chi connectivity index (χ0) is 13.0. The molecule has 4 heteroatoms. The monoisotopic (exact) mass is 359 g/mol. The van der Waals surface area contributed by atoms with Crippen LogP contribution in [0.1, 0.15) is 29.6 Å². The topological polar surface area (TPSA) is 40.5 Å². The Morgan fingerprint density at radius 1 is 1.33 bits per heavy atom. The third kappa shape index (κ3) is 3.52. The summed E-state index contributed by atoms with van der Waals surface area (Å²) < 4.78 is 1.13. The van der Waals surface area contributed by atoms with Gasteiger partial charge in [-0.1, -0.05) is 18.6 Å². The molecular formula is C14H18INO2. The number of rotatable bonds is 6. The lowest BCUT2D eigenvalue weighted by Crippen LogP contribution is -2.44. The highest BCUT2D eigenvalue weighted by Gasteiger charge is 2.26. The molecule has 0 unspecified atom stereocenters. The van der Waals surface area contributed by atoms with Crippen molar-refractivity contribution in [1.82, 2.24) is 4.90 Å². The smallest absolute Gasteiger partial charge is 0.176 e. The molecular weight excluding hydrogens is 341 g/mol. The third-order valence-electron chi connectivity index (χ3n) is 3.49. The molecule has 0 radical (unpaired) electrons. The Kier molecular flexibility index (Phi) is 5.14. The molecule has 1 fully saturated rings. The van der Waals surface area contributed by atoms with Gasteiger partial charge in [-0.15, -0.1) is 0 Å². The van der Waals surface area contributed by atoms with Gasteiger partial charge in [0.2, 0.25) is 0 Å². The Morgan fingerprint density at radius 2 is 2.00 bits per heavy atom. The molecule has 98 valence electrons. The second-order valence-electron chi connectivity index (χ2n) is 4.71. The maximum Gasteiger partial charge on any atom is 0.176 e. The van der Waals surface area contributed by atoms with Gasteiger partial charge in [-0.3, -0.25) is 9.69 Å². The quantitative estimate of drug-likeness (QED) is 0.626. The van der Waals surface area contributed by atoms with Crippen LogP contribution in [0.25, 0.3) is 0 Å². The lowest BCUT2D eigenvalue weighted by atomic mass is 9.91. The molecule has 1 aliphatic rings. The molecule has 1 saturated carbocycles. The minimum atomic E-state index is 0.121. The van der Waals surface area contributed by atoms with Gasteiger partial charge in [0, 0.05) is 21.7 Å². The number of Topliss-reactive ketones (excluding diaryl/α,β-unsaturated/α-hetero) is 1. The largest absolute Gasteiger partial charge is 0.395 e. The van der Waals surface area contributed by atoms with Gasteiger partial charge in [-0.2, -0.15) is 0 Å². The molecule has 0 atom stereocenters. The van der Waals surface area contributed by atoms with E-state index in [9.17, 15) is 4.79 Å². The fourth-order valence-electron chi connectivity index (χ4n) is 2.18. The summed E-state index contributed by atoms with van der Waals surface area (Å²) in [4.78, 5) is 14.3. The summed E-state index contributed by atoms with van der Waals surface area (Å²) in [5.74, 6) is 0.145. The molecule has 1 aliphatic carbocycles. The first-order chi connectivity index (χ1) is 8.70. The highest BCUT2D eigenvalue weighted by molar-refractivity contribution is 14.1. The SMILES string of the molecule is O=C(CN(CCO)C1CCC1)c1ccc(I)cc1. The summed E-state index contributed by atoms with van der Waals surface area (Å²) in [5.41, 5.74) is 0.762. The molecule has 0 spiro atoms. The zero-order valence-corrected chi connectivity index (χ0v) is 12.5. The standard InChI is InChI=1S/C14H18INO2/c15-12-6-4-11(5-7-12)14(18)10-16(8-9-17)13-2-1-3-13/h4-7,13,17H,1-3,8-10H2. The van der Waals surface area contributed by atoms with Gasteiger partial charge < -0.3 is 5.11 Å². The Labute approximate surface area is 121 Å². The summed E-state index contributed by atoms with van der Waals surface area (Å²) >= 11 is 2.23. The van der Waals surface area contributed by atoms with E-state index in [1.807, 2.05) is 24.3 Å². The molecule has 1 aromatic carbocycles. The van der Waals surface area contributed by atoms with Crippen LogP contribution in [0.2, 0.25) is 0 Å². The van der Waals surface area contributed by atoms with Crippen molar-refractivity contribution in [2.24, 2.45) is 0 Å². The van der Waals surface area contributed by atoms with Crippen LogP contribution in [0.4, 0.5) is 0 Å². The van der Waals surface area contributed by atoms with Crippen molar-refractivity contribution >= 4 is 28.4 Å². The molecule has 0 bridgehead atoms. The molecule has 0 aliphatic heterocycles. The molecule has 0 aromatic heterocycles. The molecule has 0 saturated heterocycles. The van der Waals surface area contributed by atoms with Crippen LogP contribution in [-0.2, 0) is 0 Å². The molecule has 18 heavy (non-hydrogen) atoms. The van der Waals surface area contributed by atoms with Crippen LogP contribution < -0.4 is 0 Å². The van der Waals surface area contributed by atoms with Crippen molar-refractivity contribution in [3.63, 3.8) is 0 Å². The van der Waals surface area contributed by atoms with Gasteiger partial charge in [0.15, 0.2) is 5.78 Å². The predicted octanol–water partition coefficient (Wildman–Crippen LogP) is 2.32. The van der Waals surface area contributed by atoms with E-state index in [4.69, 9.17) is 5.11 Å². The third-order valence-corrected chi connectivity index (χ3v) is 4.21. The van der Waals surface area contributed by atoms with Crippen LogP contribution in [0.5, 0.6) is 0 Å². The van der Waals surface area contributed by atoms with Gasteiger partial charge in [0.25, 0.3) is 0 Å². The van der Waals surface area contributed by atoms with Gasteiger partial charge in [-0.05, 0) is 47.6 Å². The van der Waals surface area contributed by atoms with Crippen molar-refractivity contribution < 1.29 is 9.90 Å². The molecule has 0 amide bonds. The van der Waals surface area contributed by atoms with Crippen molar-refractivity contribution in [1.29, 1.82) is 0 Å². The van der Waals surface area contributed by atoms with Crippen LogP contribution in [0, 0.1) is 3.57 Å².